The molecule has 0 unspecified atom stereocenters. The van der Waals surface area contributed by atoms with Crippen molar-refractivity contribution >= 4 is 33.8 Å². The fourth-order valence-electron chi connectivity index (χ4n) is 2.34. The van der Waals surface area contributed by atoms with Gasteiger partial charge in [-0.2, -0.15) is 13.2 Å². The SMILES string of the molecule is O=C(Nc1nnc(C(F)(F)F)s1)N1CCC[C@H]1c1cccs1. The summed E-state index contributed by atoms with van der Waals surface area (Å²) in [5.41, 5.74) is 0. The third-order valence-electron chi connectivity index (χ3n) is 3.27. The number of likely N-dealkylation sites (tertiary alicyclic amines) is 1. The molecule has 0 aliphatic carbocycles. The highest BCUT2D eigenvalue weighted by Gasteiger charge is 2.36. The quantitative estimate of drug-likeness (QED) is 0.893. The summed E-state index contributed by atoms with van der Waals surface area (Å²) in [5, 5.41) is 9.55. The van der Waals surface area contributed by atoms with Crippen LogP contribution in [-0.2, 0) is 6.18 Å². The summed E-state index contributed by atoms with van der Waals surface area (Å²) in [6, 6.07) is 3.39. The molecule has 1 N–H and O–H groups in total. The Morgan fingerprint density at radius 1 is 1.41 bits per heavy atom. The lowest BCUT2D eigenvalue weighted by Crippen LogP contribution is -2.34. The molecule has 3 rings (SSSR count). The lowest BCUT2D eigenvalue weighted by Gasteiger charge is -2.23. The standard InChI is InChI=1S/C12H11F3N4OS2/c13-12(14,15)9-17-18-10(22-9)16-11(20)19-5-1-3-7(19)8-4-2-6-21-8/h2,4,6-7H,1,3,5H2,(H,16,18,20)/t7-/m0/s1. The summed E-state index contributed by atoms with van der Waals surface area (Å²) < 4.78 is 37.4. The molecule has 2 aromatic heterocycles. The Morgan fingerprint density at radius 2 is 2.23 bits per heavy atom. The Labute approximate surface area is 131 Å². The lowest BCUT2D eigenvalue weighted by atomic mass is 10.2. The topological polar surface area (TPSA) is 58.1 Å². The van der Waals surface area contributed by atoms with Crippen LogP contribution in [-0.4, -0.2) is 27.7 Å². The van der Waals surface area contributed by atoms with Crippen LogP contribution >= 0.6 is 22.7 Å². The van der Waals surface area contributed by atoms with Gasteiger partial charge in [0.15, 0.2) is 0 Å². The van der Waals surface area contributed by atoms with E-state index >= 15 is 0 Å². The van der Waals surface area contributed by atoms with Crippen LogP contribution in [0.3, 0.4) is 0 Å². The van der Waals surface area contributed by atoms with E-state index in [2.05, 4.69) is 15.5 Å². The van der Waals surface area contributed by atoms with E-state index in [0.29, 0.717) is 17.9 Å². The molecule has 10 heteroatoms. The largest absolute Gasteiger partial charge is 0.445 e. The number of nitrogens with one attached hydrogen (secondary N) is 1. The molecule has 22 heavy (non-hydrogen) atoms. The third kappa shape index (κ3) is 3.07. The number of carbonyl (C=O) groups is 1. The van der Waals surface area contributed by atoms with Crippen LogP contribution in [0.4, 0.5) is 23.1 Å². The first-order valence-corrected chi connectivity index (χ1v) is 8.16. The first-order valence-electron chi connectivity index (χ1n) is 6.47. The van der Waals surface area contributed by atoms with Gasteiger partial charge in [0.25, 0.3) is 0 Å². The maximum Gasteiger partial charge on any atom is 0.445 e. The van der Waals surface area contributed by atoms with Crippen LogP contribution < -0.4 is 5.32 Å². The Kier molecular flexibility index (Phi) is 4.04. The summed E-state index contributed by atoms with van der Waals surface area (Å²) in [4.78, 5) is 15.0. The summed E-state index contributed by atoms with van der Waals surface area (Å²) in [6.45, 7) is 0.569. The third-order valence-corrected chi connectivity index (χ3v) is 5.12. The van der Waals surface area contributed by atoms with Crippen molar-refractivity contribution in [2.24, 2.45) is 0 Å². The minimum atomic E-state index is -4.55. The zero-order valence-electron chi connectivity index (χ0n) is 11.1. The number of thiophene rings is 1. The number of rotatable bonds is 2. The monoisotopic (exact) mass is 348 g/mol. The van der Waals surface area contributed by atoms with Gasteiger partial charge in [-0.3, -0.25) is 5.32 Å². The van der Waals surface area contributed by atoms with Gasteiger partial charge in [0, 0.05) is 11.4 Å². The predicted molar refractivity (Wildman–Crippen MR) is 76.9 cm³/mol. The maximum atomic E-state index is 12.5. The highest BCUT2D eigenvalue weighted by molar-refractivity contribution is 7.15. The fourth-order valence-corrected chi connectivity index (χ4v) is 3.81. The Balaban J connectivity index is 1.70. The van der Waals surface area contributed by atoms with Crippen molar-refractivity contribution < 1.29 is 18.0 Å². The number of carbonyl (C=O) groups excluding carboxylic acids is 1. The Hall–Kier alpha value is -1.68. The Bertz CT molecular complexity index is 656. The average Bonchev–Trinajstić information content (AvgIpc) is 3.18. The van der Waals surface area contributed by atoms with Crippen molar-refractivity contribution in [3.8, 4) is 0 Å². The maximum absolute atomic E-state index is 12.5. The van der Waals surface area contributed by atoms with E-state index in [0.717, 1.165) is 17.7 Å². The van der Waals surface area contributed by atoms with Gasteiger partial charge in [0.05, 0.1) is 6.04 Å². The second kappa shape index (κ2) is 5.84. The van der Waals surface area contributed by atoms with Gasteiger partial charge in [-0.1, -0.05) is 17.4 Å². The molecule has 2 aromatic rings. The second-order valence-electron chi connectivity index (χ2n) is 4.71. The molecule has 1 atom stereocenters. The molecule has 3 heterocycles. The molecule has 0 radical (unpaired) electrons. The summed E-state index contributed by atoms with van der Waals surface area (Å²) in [6.07, 6.45) is -2.84. The minimum absolute atomic E-state index is 0.0324. The molecule has 1 saturated heterocycles. The van der Waals surface area contributed by atoms with Crippen molar-refractivity contribution in [1.29, 1.82) is 0 Å². The van der Waals surface area contributed by atoms with Crippen molar-refractivity contribution in [2.45, 2.75) is 25.1 Å². The van der Waals surface area contributed by atoms with Gasteiger partial charge in [0.1, 0.15) is 0 Å². The number of hydrogen-bond acceptors (Lipinski definition) is 5. The lowest BCUT2D eigenvalue weighted by molar-refractivity contribution is -0.138. The molecule has 0 aromatic carbocycles. The second-order valence-corrected chi connectivity index (χ2v) is 6.66. The first kappa shape index (κ1) is 15.2. The van der Waals surface area contributed by atoms with E-state index in [4.69, 9.17) is 0 Å². The van der Waals surface area contributed by atoms with Crippen LogP contribution in [0.5, 0.6) is 0 Å². The highest BCUT2D eigenvalue weighted by atomic mass is 32.1. The fraction of sp³-hybridized carbons (Fsp3) is 0.417. The molecular weight excluding hydrogens is 337 g/mol. The number of amides is 2. The molecular formula is C12H11F3N4OS2. The molecule has 1 aliphatic rings. The first-order chi connectivity index (χ1) is 10.4. The minimum Gasteiger partial charge on any atom is -0.317 e. The number of aromatic nitrogens is 2. The summed E-state index contributed by atoms with van der Waals surface area (Å²) in [5.74, 6) is 0. The average molecular weight is 348 g/mol. The van der Waals surface area contributed by atoms with Crippen LogP contribution in [0, 0.1) is 0 Å². The molecule has 5 nitrogen and oxygen atoms in total. The summed E-state index contributed by atoms with van der Waals surface area (Å²) >= 11 is 1.88. The molecule has 0 spiro atoms. The Morgan fingerprint density at radius 3 is 2.86 bits per heavy atom. The zero-order chi connectivity index (χ0) is 15.7. The van der Waals surface area contributed by atoms with Gasteiger partial charge in [0.2, 0.25) is 10.1 Å². The van der Waals surface area contributed by atoms with E-state index < -0.39 is 17.2 Å². The van der Waals surface area contributed by atoms with E-state index in [-0.39, 0.29) is 11.2 Å². The van der Waals surface area contributed by atoms with Gasteiger partial charge in [-0.25, -0.2) is 4.79 Å². The van der Waals surface area contributed by atoms with Crippen molar-refractivity contribution in [3.05, 3.63) is 27.4 Å². The number of nitrogens with zero attached hydrogens (tertiary/aromatic N) is 3. The normalized spacial score (nSPS) is 18.7. The van der Waals surface area contributed by atoms with Crippen LogP contribution in [0.25, 0.3) is 0 Å². The number of urea groups is 1. The number of halogens is 3. The molecule has 1 fully saturated rings. The molecule has 2 amide bonds. The van der Waals surface area contributed by atoms with E-state index in [1.54, 1.807) is 16.2 Å². The van der Waals surface area contributed by atoms with Crippen LogP contribution in [0.1, 0.15) is 28.8 Å². The van der Waals surface area contributed by atoms with Gasteiger partial charge in [-0.05, 0) is 24.3 Å². The smallest absolute Gasteiger partial charge is 0.317 e. The zero-order valence-corrected chi connectivity index (χ0v) is 12.8. The van der Waals surface area contributed by atoms with Gasteiger partial charge >= 0.3 is 12.2 Å². The highest BCUT2D eigenvalue weighted by Crippen LogP contribution is 2.36. The molecule has 0 saturated carbocycles. The number of alkyl halides is 3. The van der Waals surface area contributed by atoms with E-state index in [1.807, 2.05) is 17.5 Å². The van der Waals surface area contributed by atoms with Crippen molar-refractivity contribution in [3.63, 3.8) is 0 Å². The van der Waals surface area contributed by atoms with Crippen LogP contribution in [0.15, 0.2) is 17.5 Å². The van der Waals surface area contributed by atoms with Crippen molar-refractivity contribution in [1.82, 2.24) is 15.1 Å². The molecule has 118 valence electrons. The van der Waals surface area contributed by atoms with E-state index in [9.17, 15) is 18.0 Å². The van der Waals surface area contributed by atoms with Crippen molar-refractivity contribution in [2.75, 3.05) is 11.9 Å². The van der Waals surface area contributed by atoms with Crippen LogP contribution in [0.2, 0.25) is 0 Å². The van der Waals surface area contributed by atoms with E-state index in [1.165, 1.54) is 0 Å². The number of anilines is 1. The molecule has 1 aliphatic heterocycles. The van der Waals surface area contributed by atoms with Gasteiger partial charge < -0.3 is 4.90 Å². The summed E-state index contributed by atoms with van der Waals surface area (Å²) in [7, 11) is 0. The predicted octanol–water partition coefficient (Wildman–Crippen LogP) is 3.99. The molecule has 0 bridgehead atoms. The van der Waals surface area contributed by atoms with Gasteiger partial charge in [-0.15, -0.1) is 21.5 Å². The number of hydrogen-bond donors (Lipinski definition) is 1.